The molecular formula is C33H45N7O3SSi. The van der Waals surface area contributed by atoms with Crippen LogP contribution < -0.4 is 5.32 Å². The fourth-order valence-corrected chi connectivity index (χ4v) is 8.13. The van der Waals surface area contributed by atoms with Crippen LogP contribution in [0.3, 0.4) is 0 Å². The molecule has 2 aliphatic rings. The zero-order chi connectivity index (χ0) is 34.2. The summed E-state index contributed by atoms with van der Waals surface area (Å²) >= 11 is 1.66. The van der Waals surface area contributed by atoms with Gasteiger partial charge < -0.3 is 19.9 Å². The van der Waals surface area contributed by atoms with Gasteiger partial charge in [0, 0.05) is 42.8 Å². The lowest BCUT2D eigenvalue weighted by Crippen LogP contribution is -2.46. The number of nitrogens with one attached hydrogen (secondary N) is 1. The number of benzene rings is 1. The van der Waals surface area contributed by atoms with Gasteiger partial charge in [-0.1, -0.05) is 32.6 Å². The largest absolute Gasteiger partial charge is 0.360 e. The van der Waals surface area contributed by atoms with E-state index in [9.17, 15) is 9.59 Å². The van der Waals surface area contributed by atoms with Crippen LogP contribution in [-0.2, 0) is 21.1 Å². The Morgan fingerprint density at radius 2 is 1.96 bits per heavy atom. The third-order valence-electron chi connectivity index (χ3n) is 8.93. The van der Waals surface area contributed by atoms with Crippen LogP contribution in [0.4, 0.5) is 5.69 Å². The van der Waals surface area contributed by atoms with Crippen LogP contribution in [-0.4, -0.2) is 82.7 Å². The van der Waals surface area contributed by atoms with E-state index in [1.807, 2.05) is 6.07 Å². The number of ether oxygens (including phenoxy) is 1. The predicted octanol–water partition coefficient (Wildman–Crippen LogP) is 6.10. The molecule has 240 valence electrons. The highest BCUT2D eigenvalue weighted by atomic mass is 32.1. The third-order valence-corrected chi connectivity index (χ3v) is 11.8. The summed E-state index contributed by atoms with van der Waals surface area (Å²) in [6.45, 7) is 9.36. The zero-order valence-corrected chi connectivity index (χ0v) is 28.4. The minimum absolute atomic E-state index is 0.230. The summed E-state index contributed by atoms with van der Waals surface area (Å²) in [4.78, 5) is 40.0. The van der Waals surface area contributed by atoms with Crippen molar-refractivity contribution < 1.29 is 18.4 Å². The molecule has 4 aromatic rings. The maximum Gasteiger partial charge on any atom is 0.314 e. The maximum atomic E-state index is 13.9. The number of hydrogen-bond donors (Lipinski definition) is 1. The number of aromatic nitrogens is 4. The quantitative estimate of drug-likeness (QED) is 0.140. The second kappa shape index (κ2) is 13.3. The second-order valence-electron chi connectivity index (χ2n) is 13.8. The molecule has 2 fully saturated rings. The fourth-order valence-electron chi connectivity index (χ4n) is 6.26. The molecule has 10 nitrogen and oxygen atoms in total. The van der Waals surface area contributed by atoms with Gasteiger partial charge in [0.15, 0.2) is 0 Å². The van der Waals surface area contributed by atoms with Gasteiger partial charge in [-0.15, -0.1) is 11.3 Å². The second-order valence-corrected chi connectivity index (χ2v) is 20.5. The lowest BCUT2D eigenvalue weighted by Gasteiger charge is -2.38. The molecule has 2 saturated heterocycles. The normalized spacial score (nSPS) is 21.5. The molecule has 1 N–H and O–H groups in total. The van der Waals surface area contributed by atoms with Gasteiger partial charge in [0.05, 0.1) is 44.9 Å². The number of thiazole rings is 1. The lowest BCUT2D eigenvalue weighted by atomic mass is 9.89. The zero-order valence-electron chi connectivity index (χ0n) is 29.6. The molecule has 5 heterocycles. The van der Waals surface area contributed by atoms with E-state index >= 15 is 0 Å². The van der Waals surface area contributed by atoms with E-state index in [0.29, 0.717) is 37.4 Å². The minimum atomic E-state index is -2.06. The third kappa shape index (κ3) is 7.29. The van der Waals surface area contributed by atoms with Crippen molar-refractivity contribution in [2.75, 3.05) is 38.5 Å². The Hall–Kier alpha value is -3.19. The van der Waals surface area contributed by atoms with Crippen LogP contribution in [0.1, 0.15) is 59.3 Å². The van der Waals surface area contributed by atoms with Crippen LogP contribution >= 0.6 is 11.3 Å². The molecule has 12 heteroatoms. The molecule has 6 rings (SSSR count). The number of nitrogens with zero attached hydrogens (tertiary/aromatic N) is 6. The summed E-state index contributed by atoms with van der Waals surface area (Å²) in [5.41, 5.74) is 2.91. The van der Waals surface area contributed by atoms with E-state index in [0.717, 1.165) is 57.9 Å². The molecule has 1 aromatic carbocycles. The molecule has 3 aromatic heterocycles. The topological polar surface area (TPSA) is 105 Å². The van der Waals surface area contributed by atoms with Crippen molar-refractivity contribution in [1.29, 1.82) is 0 Å². The first kappa shape index (κ1) is 28.1. The summed E-state index contributed by atoms with van der Waals surface area (Å²) in [5.74, 6) is -0.806. The van der Waals surface area contributed by atoms with Gasteiger partial charge in [0.2, 0.25) is 0 Å². The molecule has 2 amide bonds. The number of amides is 2. The van der Waals surface area contributed by atoms with Crippen LogP contribution in [0, 0.1) is 5.92 Å². The van der Waals surface area contributed by atoms with E-state index in [2.05, 4.69) is 54.1 Å². The molecule has 0 bridgehead atoms. The standard InChI is InChI=1S/C33H45N7O3SSi/c1-22-6-8-28(24-7-9-29-26(16-24)37-32(44-29)23-10-12-38(2)13-11-23)39(20-22)33(42)31(41)36-27-19-34-17-25-18-35-40(30(25)27)21-43-14-15-45(3,4)5/h7,9,16-19,22-23,28H,6,8,10-15,20-21H2,1-5H3,(H,36,41)/i2D3. The average molecular weight is 651 g/mol. The van der Waals surface area contributed by atoms with Crippen molar-refractivity contribution >= 4 is 58.0 Å². The summed E-state index contributed by atoms with van der Waals surface area (Å²) in [7, 11) is -1.24. The number of fused-ring (bicyclic) bond motifs is 2. The Balaban J connectivity index is 1.17. The predicted molar refractivity (Wildman–Crippen MR) is 182 cm³/mol. The Morgan fingerprint density at radius 1 is 1.13 bits per heavy atom. The van der Waals surface area contributed by atoms with Crippen molar-refractivity contribution in [3.63, 3.8) is 0 Å². The van der Waals surface area contributed by atoms with Gasteiger partial charge in [-0.3, -0.25) is 14.6 Å². The first-order valence-electron chi connectivity index (χ1n) is 17.4. The molecular weight excluding hydrogens is 603 g/mol. The van der Waals surface area contributed by atoms with Gasteiger partial charge in [-0.05, 0) is 75.4 Å². The molecule has 45 heavy (non-hydrogen) atoms. The Kier molecular flexibility index (Phi) is 8.28. The Bertz CT molecular complexity index is 1780. The summed E-state index contributed by atoms with van der Waals surface area (Å²) in [6.07, 6.45) is 8.13. The van der Waals surface area contributed by atoms with Crippen molar-refractivity contribution in [2.45, 2.75) is 77.0 Å². The highest BCUT2D eigenvalue weighted by Crippen LogP contribution is 2.38. The van der Waals surface area contributed by atoms with Gasteiger partial charge in [0.25, 0.3) is 0 Å². The van der Waals surface area contributed by atoms with E-state index < -0.39 is 26.9 Å². The molecule has 0 aliphatic carbocycles. The van der Waals surface area contributed by atoms with Gasteiger partial charge in [0.1, 0.15) is 6.73 Å². The molecule has 0 saturated carbocycles. The van der Waals surface area contributed by atoms with Gasteiger partial charge in [-0.2, -0.15) is 5.10 Å². The minimum Gasteiger partial charge on any atom is -0.360 e. The fraction of sp³-hybridized carbons (Fsp3) is 0.545. The first-order valence-corrected chi connectivity index (χ1v) is 20.4. The van der Waals surface area contributed by atoms with Gasteiger partial charge in [-0.25, -0.2) is 9.67 Å². The number of likely N-dealkylation sites (tertiary alicyclic amines) is 2. The van der Waals surface area contributed by atoms with Gasteiger partial charge >= 0.3 is 11.8 Å². The van der Waals surface area contributed by atoms with Crippen LogP contribution in [0.15, 0.2) is 36.8 Å². The van der Waals surface area contributed by atoms with E-state index in [1.165, 1.54) is 0 Å². The Labute approximate surface area is 274 Å². The van der Waals surface area contributed by atoms with Crippen molar-refractivity contribution in [3.05, 3.63) is 47.4 Å². The summed E-state index contributed by atoms with van der Waals surface area (Å²) < 4.78 is 31.8. The van der Waals surface area contributed by atoms with Crippen molar-refractivity contribution in [1.82, 2.24) is 29.5 Å². The first-order chi connectivity index (χ1) is 22.8. The molecule has 0 radical (unpaired) electrons. The molecule has 2 aliphatic heterocycles. The molecule has 2 atom stereocenters. The highest BCUT2D eigenvalue weighted by molar-refractivity contribution is 7.18. The SMILES string of the molecule is [2H]C([2H])([2H])N1CCC(c2nc3cc(C4CCC(C)CN4C(=O)C(=O)Nc4cncc5cnn(COCC[Si](C)(C)C)c45)ccc3s2)CC1. The highest BCUT2D eigenvalue weighted by Gasteiger charge is 2.35. The molecule has 2 unspecified atom stereocenters. The van der Waals surface area contributed by atoms with Crippen molar-refractivity contribution in [3.8, 4) is 0 Å². The number of carbonyl (C=O) groups is 2. The smallest absolute Gasteiger partial charge is 0.314 e. The average Bonchev–Trinajstić information content (AvgIpc) is 3.66. The van der Waals surface area contributed by atoms with Crippen LogP contribution in [0.25, 0.3) is 21.1 Å². The number of rotatable bonds is 8. The van der Waals surface area contributed by atoms with E-state index in [4.69, 9.17) is 13.8 Å². The number of carbonyl (C=O) groups excluding carboxylic acids is 2. The summed E-state index contributed by atoms with van der Waals surface area (Å²) in [5, 5.41) is 9.07. The Morgan fingerprint density at radius 3 is 2.73 bits per heavy atom. The number of hydrogen-bond acceptors (Lipinski definition) is 8. The molecule has 0 spiro atoms. The van der Waals surface area contributed by atoms with E-state index in [1.54, 1.807) is 44.4 Å². The monoisotopic (exact) mass is 650 g/mol. The van der Waals surface area contributed by atoms with Crippen molar-refractivity contribution in [2.24, 2.45) is 5.92 Å². The maximum absolute atomic E-state index is 13.9. The van der Waals surface area contributed by atoms with Crippen LogP contribution in [0.2, 0.25) is 25.7 Å². The lowest BCUT2D eigenvalue weighted by molar-refractivity contribution is -0.146. The number of anilines is 1. The number of pyridine rings is 1. The van der Waals surface area contributed by atoms with E-state index in [-0.39, 0.29) is 24.6 Å². The van der Waals surface area contributed by atoms with Crippen LogP contribution in [0.5, 0.6) is 0 Å². The number of piperidine rings is 2. The summed E-state index contributed by atoms with van der Waals surface area (Å²) in [6, 6.07) is 6.94.